The second-order valence-corrected chi connectivity index (χ2v) is 11.2. The van der Waals surface area contributed by atoms with Gasteiger partial charge in [-0.05, 0) is 23.8 Å². The summed E-state index contributed by atoms with van der Waals surface area (Å²) in [5.74, 6) is -0.647. The average molecular weight is 467 g/mol. The monoisotopic (exact) mass is 467 g/mol. The van der Waals surface area contributed by atoms with Crippen molar-refractivity contribution in [2.24, 2.45) is 0 Å². The Hall–Kier alpha value is -3.45. The molecule has 168 valence electrons. The summed E-state index contributed by atoms with van der Waals surface area (Å²) in [6.45, 7) is 0.775. The quantitative estimate of drug-likeness (QED) is 0.464. The summed E-state index contributed by atoms with van der Waals surface area (Å²) in [5, 5.41) is 8.19. The molecule has 2 aromatic heterocycles. The molecule has 0 saturated carbocycles. The summed E-state index contributed by atoms with van der Waals surface area (Å²) in [6.07, 6.45) is 3.09. The Morgan fingerprint density at radius 2 is 1.70 bits per heavy atom. The molecule has 0 bridgehead atoms. The largest absolute Gasteiger partial charge is 0.340 e. The molecule has 5 rings (SSSR count). The molecule has 0 amide bonds. The summed E-state index contributed by atoms with van der Waals surface area (Å²) in [6, 6.07) is 11.8. The van der Waals surface area contributed by atoms with Gasteiger partial charge in [0, 0.05) is 42.5 Å². The van der Waals surface area contributed by atoms with Crippen LogP contribution in [0.15, 0.2) is 59.7 Å². The first-order valence-electron chi connectivity index (χ1n) is 10.5. The fraction of sp³-hybridized carbons (Fsp3) is 0.217. The third kappa shape index (κ3) is 4.16. The summed E-state index contributed by atoms with van der Waals surface area (Å²) in [7, 11) is -2.98. The van der Waals surface area contributed by atoms with E-state index in [-0.39, 0.29) is 23.2 Å². The zero-order valence-corrected chi connectivity index (χ0v) is 18.4. The molecule has 3 heterocycles. The van der Waals surface area contributed by atoms with Gasteiger partial charge in [-0.2, -0.15) is 5.10 Å². The maximum absolute atomic E-state index is 14.8. The number of hydrogen-bond acceptors (Lipinski definition) is 6. The third-order valence-electron chi connectivity index (χ3n) is 5.95. The van der Waals surface area contributed by atoms with Crippen LogP contribution in [0, 0.1) is 11.6 Å². The van der Waals surface area contributed by atoms with Crippen LogP contribution in [-0.2, 0) is 11.0 Å². The lowest BCUT2D eigenvalue weighted by molar-refractivity contribution is 0.570. The standard InChI is InChI=1S/C23H20F2N5O2P/c24-16-13-26-23(27-14-16)30-7-9-33(32,10-8-30)21-12-15(5-6-19(21)25)11-20-17-3-1-2-4-18(17)22(31)29-28-20/h1-6,12-14H,7-11H2,(H,29,31). The van der Waals surface area contributed by atoms with Crippen LogP contribution in [0.5, 0.6) is 0 Å². The fourth-order valence-electron chi connectivity index (χ4n) is 4.18. The number of anilines is 1. The van der Waals surface area contributed by atoms with Crippen molar-refractivity contribution in [1.29, 1.82) is 0 Å². The molecular formula is C23H20F2N5O2P. The van der Waals surface area contributed by atoms with Crippen molar-refractivity contribution in [3.05, 3.63) is 88.1 Å². The van der Waals surface area contributed by atoms with E-state index in [0.717, 1.165) is 23.3 Å². The Labute approximate surface area is 187 Å². The van der Waals surface area contributed by atoms with Crippen LogP contribution in [0.3, 0.4) is 0 Å². The molecule has 0 spiro atoms. The van der Waals surface area contributed by atoms with Crippen LogP contribution >= 0.6 is 7.14 Å². The lowest BCUT2D eigenvalue weighted by atomic mass is 10.0. The molecule has 33 heavy (non-hydrogen) atoms. The van der Waals surface area contributed by atoms with Gasteiger partial charge in [0.15, 0.2) is 5.82 Å². The van der Waals surface area contributed by atoms with Gasteiger partial charge in [0.1, 0.15) is 13.0 Å². The summed E-state index contributed by atoms with van der Waals surface area (Å²) >= 11 is 0. The summed E-state index contributed by atoms with van der Waals surface area (Å²) in [5.41, 5.74) is 1.15. The number of aromatic nitrogens is 4. The number of nitrogens with one attached hydrogen (secondary N) is 1. The molecule has 0 unspecified atom stereocenters. The zero-order valence-electron chi connectivity index (χ0n) is 17.5. The van der Waals surface area contributed by atoms with Crippen molar-refractivity contribution >= 4 is 29.2 Å². The molecule has 0 atom stereocenters. The maximum atomic E-state index is 14.8. The van der Waals surface area contributed by atoms with E-state index in [1.165, 1.54) is 6.07 Å². The van der Waals surface area contributed by atoms with Crippen molar-refractivity contribution in [1.82, 2.24) is 20.2 Å². The molecule has 1 aliphatic heterocycles. The fourth-order valence-corrected chi connectivity index (χ4v) is 6.88. The van der Waals surface area contributed by atoms with E-state index < -0.39 is 18.8 Å². The van der Waals surface area contributed by atoms with Crippen LogP contribution in [-0.4, -0.2) is 45.6 Å². The molecular weight excluding hydrogens is 447 g/mol. The zero-order chi connectivity index (χ0) is 23.0. The SMILES string of the molecule is O=c1[nH]nc(Cc2ccc(F)c(P3(=O)CCN(c4ncc(F)cn4)CC3)c2)c2ccccc12. The van der Waals surface area contributed by atoms with E-state index in [0.29, 0.717) is 36.5 Å². The molecule has 1 N–H and O–H groups in total. The number of rotatable bonds is 4. The minimum absolute atomic E-state index is 0.230. The maximum Gasteiger partial charge on any atom is 0.272 e. The Kier molecular flexibility index (Phi) is 5.50. The lowest BCUT2D eigenvalue weighted by Crippen LogP contribution is -2.38. The van der Waals surface area contributed by atoms with Gasteiger partial charge in [0.25, 0.3) is 5.56 Å². The molecule has 10 heteroatoms. The van der Waals surface area contributed by atoms with Crippen molar-refractivity contribution in [2.45, 2.75) is 6.42 Å². The number of aromatic amines is 1. The van der Waals surface area contributed by atoms with Crippen molar-refractivity contribution in [2.75, 3.05) is 30.3 Å². The van der Waals surface area contributed by atoms with Crippen LogP contribution in [0.25, 0.3) is 10.8 Å². The van der Waals surface area contributed by atoms with Crippen LogP contribution in [0.2, 0.25) is 0 Å². The third-order valence-corrected chi connectivity index (χ3v) is 9.01. The van der Waals surface area contributed by atoms with Gasteiger partial charge in [0.05, 0.1) is 23.5 Å². The number of halogens is 2. The van der Waals surface area contributed by atoms with Gasteiger partial charge in [-0.3, -0.25) is 4.79 Å². The highest BCUT2D eigenvalue weighted by atomic mass is 31.2. The number of nitrogens with zero attached hydrogens (tertiary/aromatic N) is 4. The average Bonchev–Trinajstić information content (AvgIpc) is 2.83. The van der Waals surface area contributed by atoms with Crippen LogP contribution < -0.4 is 15.8 Å². The normalized spacial score (nSPS) is 15.6. The summed E-state index contributed by atoms with van der Waals surface area (Å²) < 4.78 is 41.6. The van der Waals surface area contributed by atoms with Crippen molar-refractivity contribution < 1.29 is 13.3 Å². The van der Waals surface area contributed by atoms with Gasteiger partial charge >= 0.3 is 0 Å². The molecule has 7 nitrogen and oxygen atoms in total. The highest BCUT2D eigenvalue weighted by Crippen LogP contribution is 2.47. The Bertz CT molecular complexity index is 1430. The number of H-pyrrole nitrogens is 1. The highest BCUT2D eigenvalue weighted by molar-refractivity contribution is 7.71. The summed E-state index contributed by atoms with van der Waals surface area (Å²) in [4.78, 5) is 21.8. The van der Waals surface area contributed by atoms with E-state index in [9.17, 15) is 18.1 Å². The lowest BCUT2D eigenvalue weighted by Gasteiger charge is -2.32. The number of fused-ring (bicyclic) bond motifs is 1. The molecule has 0 aliphatic carbocycles. The van der Waals surface area contributed by atoms with E-state index in [1.54, 1.807) is 24.3 Å². The predicted molar refractivity (Wildman–Crippen MR) is 123 cm³/mol. The second kappa shape index (κ2) is 8.48. The topological polar surface area (TPSA) is 91.8 Å². The molecule has 1 fully saturated rings. The second-order valence-electron chi connectivity index (χ2n) is 8.03. The Morgan fingerprint density at radius 1 is 1.00 bits per heavy atom. The highest BCUT2D eigenvalue weighted by Gasteiger charge is 2.33. The first-order chi connectivity index (χ1) is 15.9. The van der Waals surface area contributed by atoms with E-state index in [4.69, 9.17) is 0 Å². The molecule has 1 saturated heterocycles. The van der Waals surface area contributed by atoms with Crippen LogP contribution in [0.4, 0.5) is 14.7 Å². The molecule has 0 radical (unpaired) electrons. The van der Waals surface area contributed by atoms with E-state index in [2.05, 4.69) is 20.2 Å². The minimum Gasteiger partial charge on any atom is -0.340 e. The van der Waals surface area contributed by atoms with Gasteiger partial charge in [-0.1, -0.05) is 24.3 Å². The van der Waals surface area contributed by atoms with E-state index in [1.807, 2.05) is 17.0 Å². The van der Waals surface area contributed by atoms with Gasteiger partial charge in [-0.15, -0.1) is 0 Å². The molecule has 1 aliphatic rings. The first kappa shape index (κ1) is 21.4. The first-order valence-corrected chi connectivity index (χ1v) is 12.6. The van der Waals surface area contributed by atoms with E-state index >= 15 is 0 Å². The number of hydrogen-bond donors (Lipinski definition) is 1. The Balaban J connectivity index is 1.40. The molecule has 2 aromatic carbocycles. The Morgan fingerprint density at radius 3 is 2.42 bits per heavy atom. The minimum atomic E-state index is -2.98. The molecule has 4 aromatic rings. The van der Waals surface area contributed by atoms with Gasteiger partial charge in [0.2, 0.25) is 5.95 Å². The van der Waals surface area contributed by atoms with Gasteiger partial charge < -0.3 is 9.46 Å². The number of benzene rings is 2. The van der Waals surface area contributed by atoms with Crippen molar-refractivity contribution in [3.63, 3.8) is 0 Å². The van der Waals surface area contributed by atoms with Gasteiger partial charge in [-0.25, -0.2) is 23.8 Å². The smallest absolute Gasteiger partial charge is 0.272 e. The predicted octanol–water partition coefficient (Wildman–Crippen LogP) is 3.09. The van der Waals surface area contributed by atoms with Crippen molar-refractivity contribution in [3.8, 4) is 0 Å². The van der Waals surface area contributed by atoms with Crippen LogP contribution in [0.1, 0.15) is 11.3 Å².